The molecule has 0 unspecified atom stereocenters. The third kappa shape index (κ3) is 4.24. The first-order valence-corrected chi connectivity index (χ1v) is 9.71. The molecule has 3 rings (SSSR count). The van der Waals surface area contributed by atoms with Crippen LogP contribution in [0.5, 0.6) is 0 Å². The Bertz CT molecular complexity index is 740. The van der Waals surface area contributed by atoms with Gasteiger partial charge in [0.2, 0.25) is 0 Å². The van der Waals surface area contributed by atoms with Crippen LogP contribution in [0.2, 0.25) is 0 Å². The maximum absolute atomic E-state index is 12.2. The molecule has 28 heavy (non-hydrogen) atoms. The molecule has 0 aliphatic carbocycles. The van der Waals surface area contributed by atoms with Gasteiger partial charge in [-0.15, -0.1) is 0 Å². The lowest BCUT2D eigenvalue weighted by Crippen LogP contribution is -2.61. The molecule has 0 aromatic heterocycles. The molecule has 7 nitrogen and oxygen atoms in total. The van der Waals surface area contributed by atoms with E-state index in [0.29, 0.717) is 24.2 Å². The number of hydrogen-bond donors (Lipinski definition) is 1. The number of carbonyl (C=O) groups is 2. The quantitative estimate of drug-likeness (QED) is 0.800. The van der Waals surface area contributed by atoms with Crippen molar-refractivity contribution in [3.05, 3.63) is 29.3 Å². The van der Waals surface area contributed by atoms with Gasteiger partial charge in [-0.2, -0.15) is 0 Å². The second-order valence-corrected chi connectivity index (χ2v) is 8.81. The molecular weight excluding hydrogens is 360 g/mol. The van der Waals surface area contributed by atoms with E-state index in [9.17, 15) is 14.7 Å². The van der Waals surface area contributed by atoms with Crippen LogP contribution in [-0.2, 0) is 16.1 Å². The molecule has 2 fully saturated rings. The number of benzene rings is 1. The van der Waals surface area contributed by atoms with Crippen LogP contribution in [0.15, 0.2) is 18.2 Å². The van der Waals surface area contributed by atoms with Crippen LogP contribution < -0.4 is 4.90 Å². The molecule has 7 heteroatoms. The summed E-state index contributed by atoms with van der Waals surface area (Å²) in [6.45, 7) is 8.69. The molecule has 1 N–H and O–H groups in total. The number of esters is 1. The van der Waals surface area contributed by atoms with Crippen molar-refractivity contribution in [2.75, 3.05) is 38.2 Å². The van der Waals surface area contributed by atoms with Gasteiger partial charge in [-0.05, 0) is 57.4 Å². The number of nitrogens with zero attached hydrogens (tertiary/aromatic N) is 2. The lowest BCUT2D eigenvalue weighted by atomic mass is 9.72. The standard InChI is InChI=1S/C21H30N2O5/c1-20(2,3)28-19(26)22-9-7-21(8-10-22)13-23(14-21)16-5-6-17(18(25)27-4)15(11-16)12-24/h5-6,11,24H,7-10,12-14H2,1-4H3. The van der Waals surface area contributed by atoms with E-state index in [2.05, 4.69) is 4.90 Å². The first kappa shape index (κ1) is 20.5. The molecule has 1 spiro atoms. The highest BCUT2D eigenvalue weighted by atomic mass is 16.6. The molecule has 2 aliphatic rings. The molecule has 0 saturated carbocycles. The Kier molecular flexibility index (Phi) is 5.57. The predicted molar refractivity (Wildman–Crippen MR) is 105 cm³/mol. The molecule has 2 aliphatic heterocycles. The Morgan fingerprint density at radius 3 is 2.36 bits per heavy atom. The Balaban J connectivity index is 1.58. The van der Waals surface area contributed by atoms with Crippen LogP contribution in [0.4, 0.5) is 10.5 Å². The van der Waals surface area contributed by atoms with Gasteiger partial charge in [0.1, 0.15) is 5.60 Å². The van der Waals surface area contributed by atoms with Crippen molar-refractivity contribution in [3.8, 4) is 0 Å². The number of amides is 1. The van der Waals surface area contributed by atoms with Crippen molar-refractivity contribution in [1.29, 1.82) is 0 Å². The van der Waals surface area contributed by atoms with Gasteiger partial charge in [0.25, 0.3) is 0 Å². The maximum Gasteiger partial charge on any atom is 0.410 e. The number of anilines is 1. The average molecular weight is 390 g/mol. The Labute approximate surface area is 166 Å². The second kappa shape index (κ2) is 7.62. The van der Waals surface area contributed by atoms with Gasteiger partial charge in [0.05, 0.1) is 19.3 Å². The molecule has 0 atom stereocenters. The molecule has 1 aromatic carbocycles. The number of rotatable bonds is 3. The highest BCUT2D eigenvalue weighted by Gasteiger charge is 2.46. The second-order valence-electron chi connectivity index (χ2n) is 8.81. The summed E-state index contributed by atoms with van der Waals surface area (Å²) in [5, 5.41) is 9.59. The van der Waals surface area contributed by atoms with E-state index in [-0.39, 0.29) is 18.1 Å². The Morgan fingerprint density at radius 1 is 1.18 bits per heavy atom. The number of hydrogen-bond acceptors (Lipinski definition) is 6. The lowest BCUT2D eigenvalue weighted by Gasteiger charge is -2.55. The van der Waals surface area contributed by atoms with Gasteiger partial charge in [-0.3, -0.25) is 0 Å². The normalized spacial score (nSPS) is 18.6. The topological polar surface area (TPSA) is 79.3 Å². The number of aliphatic hydroxyl groups is 1. The van der Waals surface area contributed by atoms with Crippen LogP contribution in [0.25, 0.3) is 0 Å². The minimum absolute atomic E-state index is 0.206. The van der Waals surface area contributed by atoms with E-state index in [1.165, 1.54) is 7.11 Å². The summed E-state index contributed by atoms with van der Waals surface area (Å²) in [6.07, 6.45) is 1.68. The van der Waals surface area contributed by atoms with Crippen molar-refractivity contribution in [2.24, 2.45) is 5.41 Å². The van der Waals surface area contributed by atoms with E-state index >= 15 is 0 Å². The summed E-state index contributed by atoms with van der Waals surface area (Å²) < 4.78 is 10.2. The van der Waals surface area contributed by atoms with Gasteiger partial charge in [0.15, 0.2) is 0 Å². The van der Waals surface area contributed by atoms with E-state index in [1.54, 1.807) is 11.0 Å². The predicted octanol–water partition coefficient (Wildman–Crippen LogP) is 2.80. The van der Waals surface area contributed by atoms with Gasteiger partial charge in [-0.25, -0.2) is 9.59 Å². The zero-order valence-electron chi connectivity index (χ0n) is 17.2. The largest absolute Gasteiger partial charge is 0.465 e. The third-order valence-corrected chi connectivity index (χ3v) is 5.56. The van der Waals surface area contributed by atoms with Crippen LogP contribution in [0.3, 0.4) is 0 Å². The fraction of sp³-hybridized carbons (Fsp3) is 0.619. The number of likely N-dealkylation sites (tertiary alicyclic amines) is 1. The highest BCUT2D eigenvalue weighted by Crippen LogP contribution is 2.43. The molecule has 154 valence electrons. The molecule has 1 aromatic rings. The van der Waals surface area contributed by atoms with Gasteiger partial charge < -0.3 is 24.4 Å². The monoisotopic (exact) mass is 390 g/mol. The zero-order chi connectivity index (χ0) is 20.5. The zero-order valence-corrected chi connectivity index (χ0v) is 17.2. The number of carbonyl (C=O) groups excluding carboxylic acids is 2. The lowest BCUT2D eigenvalue weighted by molar-refractivity contribution is 0.00596. The van der Waals surface area contributed by atoms with E-state index in [0.717, 1.165) is 31.6 Å². The summed E-state index contributed by atoms with van der Waals surface area (Å²) >= 11 is 0. The third-order valence-electron chi connectivity index (χ3n) is 5.56. The van der Waals surface area contributed by atoms with Crippen LogP contribution >= 0.6 is 0 Å². The minimum Gasteiger partial charge on any atom is -0.465 e. The molecule has 2 saturated heterocycles. The van der Waals surface area contributed by atoms with E-state index in [4.69, 9.17) is 9.47 Å². The van der Waals surface area contributed by atoms with Crippen molar-refractivity contribution >= 4 is 17.7 Å². The minimum atomic E-state index is -0.472. The summed E-state index contributed by atoms with van der Waals surface area (Å²) in [6, 6.07) is 5.46. The van der Waals surface area contributed by atoms with Gasteiger partial charge in [-0.1, -0.05) is 0 Å². The SMILES string of the molecule is COC(=O)c1ccc(N2CC3(CCN(C(=O)OC(C)(C)C)CC3)C2)cc1CO. The molecule has 1 amide bonds. The molecule has 2 heterocycles. The summed E-state index contributed by atoms with van der Waals surface area (Å²) in [5.41, 5.74) is 1.72. The number of ether oxygens (including phenoxy) is 2. The molecule has 0 bridgehead atoms. The number of methoxy groups -OCH3 is 1. The first-order valence-electron chi connectivity index (χ1n) is 9.71. The summed E-state index contributed by atoms with van der Waals surface area (Å²) in [7, 11) is 1.33. The van der Waals surface area contributed by atoms with E-state index < -0.39 is 11.6 Å². The maximum atomic E-state index is 12.2. The van der Waals surface area contributed by atoms with Crippen LogP contribution in [-0.4, -0.2) is 61.0 Å². The smallest absolute Gasteiger partial charge is 0.410 e. The summed E-state index contributed by atoms with van der Waals surface area (Å²) in [4.78, 5) is 28.1. The average Bonchev–Trinajstić information content (AvgIpc) is 2.63. The van der Waals surface area contributed by atoms with Crippen molar-refractivity contribution in [3.63, 3.8) is 0 Å². The Hall–Kier alpha value is -2.28. The summed E-state index contributed by atoms with van der Waals surface area (Å²) in [5.74, 6) is -0.440. The molecule has 0 radical (unpaired) electrons. The number of aliphatic hydroxyl groups excluding tert-OH is 1. The number of piperidine rings is 1. The van der Waals surface area contributed by atoms with Crippen molar-refractivity contribution in [2.45, 2.75) is 45.8 Å². The van der Waals surface area contributed by atoms with Crippen molar-refractivity contribution in [1.82, 2.24) is 4.90 Å². The first-order chi connectivity index (χ1) is 13.2. The fourth-order valence-corrected chi connectivity index (χ4v) is 3.97. The fourth-order valence-electron chi connectivity index (χ4n) is 3.97. The highest BCUT2D eigenvalue weighted by molar-refractivity contribution is 5.91. The molecular formula is C21H30N2O5. The van der Waals surface area contributed by atoms with Crippen LogP contribution in [0, 0.1) is 5.41 Å². The van der Waals surface area contributed by atoms with Crippen molar-refractivity contribution < 1.29 is 24.2 Å². The van der Waals surface area contributed by atoms with Gasteiger partial charge in [0, 0.05) is 37.3 Å². The van der Waals surface area contributed by atoms with E-state index in [1.807, 2.05) is 32.9 Å². The van der Waals surface area contributed by atoms with Gasteiger partial charge >= 0.3 is 12.1 Å². The Morgan fingerprint density at radius 2 is 1.82 bits per heavy atom. The van der Waals surface area contributed by atoms with Crippen LogP contribution in [0.1, 0.15) is 49.5 Å².